The van der Waals surface area contributed by atoms with Gasteiger partial charge in [-0.3, -0.25) is 0 Å². The number of anilines is 2. The Bertz CT molecular complexity index is 1500. The molecule has 0 aliphatic rings. The van der Waals surface area contributed by atoms with Gasteiger partial charge in [-0.15, -0.1) is 0 Å². The normalized spacial score (nSPS) is 10.3. The van der Waals surface area contributed by atoms with Crippen molar-refractivity contribution >= 4 is 68.4 Å². The van der Waals surface area contributed by atoms with Crippen LogP contribution in [0.3, 0.4) is 0 Å². The van der Waals surface area contributed by atoms with Crippen molar-refractivity contribution in [2.24, 2.45) is 0 Å². The van der Waals surface area contributed by atoms with Crippen LogP contribution in [0.1, 0.15) is 11.1 Å². The number of aromatic nitrogens is 4. The first-order chi connectivity index (χ1) is 19.0. The summed E-state index contributed by atoms with van der Waals surface area (Å²) in [6.07, 6.45) is 3.30. The van der Waals surface area contributed by atoms with Crippen molar-refractivity contribution in [1.82, 2.24) is 19.9 Å². The zero-order valence-corrected chi connectivity index (χ0v) is 25.3. The second kappa shape index (κ2) is 14.9. The Kier molecular flexibility index (Phi) is 11.0. The average molecular weight is 768 g/mol. The Balaban J connectivity index is 0.000000193. The van der Waals surface area contributed by atoms with Gasteiger partial charge in [-0.05, 0) is 86.1 Å². The average Bonchev–Trinajstić information content (AvgIpc) is 2.95. The molecule has 198 valence electrons. The molecule has 39 heavy (non-hydrogen) atoms. The van der Waals surface area contributed by atoms with Crippen LogP contribution in [0.25, 0.3) is 0 Å². The van der Waals surface area contributed by atoms with Crippen LogP contribution in [-0.2, 0) is 13.2 Å². The fraction of sp³-hybridized carbons (Fsp3) is 0.0714. The second-order valence-electron chi connectivity index (χ2n) is 7.82. The molecule has 1 N–H and O–H groups in total. The van der Waals surface area contributed by atoms with E-state index in [0.29, 0.717) is 36.6 Å². The standard InChI is InChI=1S/C17H13FIN3O.C11H8ClIN2O/c18-13-7-4-8-14(9-13)21-17-20-10-15(19)16(22-17)23-11-12-5-2-1-3-6-12;12-11-14-6-9(13)10(15-11)16-7-8-4-2-1-3-5-8/h1-10H,11H2,(H,20,21,22);1-6H,7H2. The maximum Gasteiger partial charge on any atom is 0.232 e. The number of rotatable bonds is 8. The molecule has 7 nitrogen and oxygen atoms in total. The molecule has 5 aromatic rings. The van der Waals surface area contributed by atoms with E-state index in [9.17, 15) is 4.39 Å². The topological polar surface area (TPSA) is 82.1 Å². The third-order valence-corrected chi connectivity index (χ3v) is 6.57. The lowest BCUT2D eigenvalue weighted by atomic mass is 10.2. The molecule has 0 aliphatic heterocycles. The molecule has 3 aromatic carbocycles. The van der Waals surface area contributed by atoms with Gasteiger partial charge in [0.2, 0.25) is 23.0 Å². The Labute approximate surface area is 257 Å². The van der Waals surface area contributed by atoms with Crippen LogP contribution in [0, 0.1) is 13.0 Å². The van der Waals surface area contributed by atoms with Gasteiger partial charge in [0.05, 0.1) is 7.14 Å². The summed E-state index contributed by atoms with van der Waals surface area (Å²) >= 11 is 9.92. The highest BCUT2D eigenvalue weighted by Crippen LogP contribution is 2.22. The molecule has 2 heterocycles. The highest BCUT2D eigenvalue weighted by atomic mass is 127. The SMILES string of the molecule is Clc1ncc(I)c(OCc2ccccc2)n1.Fc1cccc(Nc2ncc(I)c(OCc3ccccc3)n2)c1. The van der Waals surface area contributed by atoms with Gasteiger partial charge in [-0.1, -0.05) is 66.7 Å². The third kappa shape index (κ3) is 9.55. The lowest BCUT2D eigenvalue weighted by Gasteiger charge is -2.10. The van der Waals surface area contributed by atoms with Crippen LogP contribution in [0.5, 0.6) is 11.8 Å². The van der Waals surface area contributed by atoms with Crippen LogP contribution < -0.4 is 14.8 Å². The molecule has 0 unspecified atom stereocenters. The molecule has 5 rings (SSSR count). The summed E-state index contributed by atoms with van der Waals surface area (Å²) in [5.74, 6) is 1.05. The largest absolute Gasteiger partial charge is 0.472 e. The maximum atomic E-state index is 13.2. The van der Waals surface area contributed by atoms with Gasteiger partial charge >= 0.3 is 0 Å². The van der Waals surface area contributed by atoms with E-state index < -0.39 is 0 Å². The monoisotopic (exact) mass is 767 g/mol. The number of nitrogens with zero attached hydrogens (tertiary/aromatic N) is 4. The lowest BCUT2D eigenvalue weighted by molar-refractivity contribution is 0.291. The third-order valence-electron chi connectivity index (χ3n) is 4.91. The molecule has 2 aromatic heterocycles. The number of hydrogen-bond donors (Lipinski definition) is 1. The van der Waals surface area contributed by atoms with Gasteiger partial charge in [0.1, 0.15) is 19.0 Å². The number of nitrogens with one attached hydrogen (secondary N) is 1. The van der Waals surface area contributed by atoms with E-state index in [1.54, 1.807) is 24.5 Å². The van der Waals surface area contributed by atoms with Gasteiger partial charge in [-0.2, -0.15) is 9.97 Å². The minimum Gasteiger partial charge on any atom is -0.472 e. The first-order valence-electron chi connectivity index (χ1n) is 11.5. The fourth-order valence-electron chi connectivity index (χ4n) is 3.09. The summed E-state index contributed by atoms with van der Waals surface area (Å²) in [5.41, 5.74) is 2.73. The Morgan fingerprint density at radius 1 is 0.718 bits per heavy atom. The van der Waals surface area contributed by atoms with Crippen LogP contribution >= 0.6 is 56.8 Å². The number of hydrogen-bond acceptors (Lipinski definition) is 7. The molecule has 0 fully saturated rings. The smallest absolute Gasteiger partial charge is 0.232 e. The van der Waals surface area contributed by atoms with E-state index in [0.717, 1.165) is 18.3 Å². The Morgan fingerprint density at radius 2 is 1.28 bits per heavy atom. The van der Waals surface area contributed by atoms with Crippen molar-refractivity contribution in [2.45, 2.75) is 13.2 Å². The Morgan fingerprint density at radius 3 is 1.87 bits per heavy atom. The highest BCUT2D eigenvalue weighted by molar-refractivity contribution is 14.1. The number of benzene rings is 3. The molecule has 11 heteroatoms. The second-order valence-corrected chi connectivity index (χ2v) is 10.5. The van der Waals surface area contributed by atoms with Crippen molar-refractivity contribution in [3.63, 3.8) is 0 Å². The van der Waals surface area contributed by atoms with Crippen molar-refractivity contribution in [3.05, 3.63) is 127 Å². The lowest BCUT2D eigenvalue weighted by Crippen LogP contribution is -2.03. The number of ether oxygens (including phenoxy) is 2. The first-order valence-corrected chi connectivity index (χ1v) is 14.1. The summed E-state index contributed by atoms with van der Waals surface area (Å²) in [5, 5.41) is 3.16. The molecule has 0 amide bonds. The van der Waals surface area contributed by atoms with E-state index in [4.69, 9.17) is 21.1 Å². The van der Waals surface area contributed by atoms with E-state index in [1.807, 2.05) is 60.7 Å². The van der Waals surface area contributed by atoms with E-state index >= 15 is 0 Å². The summed E-state index contributed by atoms with van der Waals surface area (Å²) in [6, 6.07) is 25.9. The van der Waals surface area contributed by atoms with Gasteiger partial charge in [-0.25, -0.2) is 14.4 Å². The molecule has 0 radical (unpaired) electrons. The van der Waals surface area contributed by atoms with Crippen LogP contribution in [-0.4, -0.2) is 19.9 Å². The first kappa shape index (κ1) is 28.9. The maximum absolute atomic E-state index is 13.2. The van der Waals surface area contributed by atoms with Crippen molar-refractivity contribution in [1.29, 1.82) is 0 Å². The quantitative estimate of drug-likeness (QED) is 0.127. The molecular formula is C28H21ClFI2N5O2. The van der Waals surface area contributed by atoms with Crippen LogP contribution in [0.2, 0.25) is 5.28 Å². The van der Waals surface area contributed by atoms with Crippen molar-refractivity contribution < 1.29 is 13.9 Å². The molecule has 0 aliphatic carbocycles. The minimum absolute atomic E-state index is 0.198. The minimum atomic E-state index is -0.318. The molecule has 0 spiro atoms. The zero-order chi connectivity index (χ0) is 27.5. The molecule has 0 bridgehead atoms. The summed E-state index contributed by atoms with van der Waals surface area (Å²) in [6.45, 7) is 0.900. The highest BCUT2D eigenvalue weighted by Gasteiger charge is 2.08. The summed E-state index contributed by atoms with van der Waals surface area (Å²) in [4.78, 5) is 16.4. The molecule has 0 saturated heterocycles. The molecule has 0 atom stereocenters. The van der Waals surface area contributed by atoms with E-state index in [2.05, 4.69) is 70.4 Å². The Hall–Kier alpha value is -3.10. The van der Waals surface area contributed by atoms with Crippen LogP contribution in [0.4, 0.5) is 16.0 Å². The van der Waals surface area contributed by atoms with Gasteiger partial charge in [0.15, 0.2) is 0 Å². The zero-order valence-electron chi connectivity index (χ0n) is 20.3. The van der Waals surface area contributed by atoms with Gasteiger partial charge < -0.3 is 14.8 Å². The van der Waals surface area contributed by atoms with E-state index in [1.165, 1.54) is 12.1 Å². The van der Waals surface area contributed by atoms with E-state index in [-0.39, 0.29) is 11.1 Å². The van der Waals surface area contributed by atoms with Crippen molar-refractivity contribution in [2.75, 3.05) is 5.32 Å². The molecule has 0 saturated carbocycles. The predicted molar refractivity (Wildman–Crippen MR) is 166 cm³/mol. The summed E-state index contributed by atoms with van der Waals surface area (Å²) < 4.78 is 26.2. The fourth-order valence-corrected chi connectivity index (χ4v) is 4.05. The summed E-state index contributed by atoms with van der Waals surface area (Å²) in [7, 11) is 0. The van der Waals surface area contributed by atoms with Crippen molar-refractivity contribution in [3.8, 4) is 11.8 Å². The predicted octanol–water partition coefficient (Wildman–Crippen LogP) is 7.86. The number of halogens is 4. The van der Waals surface area contributed by atoms with Gasteiger partial charge in [0, 0.05) is 18.1 Å². The van der Waals surface area contributed by atoms with Crippen LogP contribution in [0.15, 0.2) is 97.3 Å². The molecular weight excluding hydrogens is 747 g/mol. The van der Waals surface area contributed by atoms with Gasteiger partial charge in [0.25, 0.3) is 0 Å².